The van der Waals surface area contributed by atoms with Crippen LogP contribution in [0.4, 0.5) is 0 Å². The maximum atomic E-state index is 5.73. The summed E-state index contributed by atoms with van der Waals surface area (Å²) in [6.45, 7) is 6.33. The van der Waals surface area contributed by atoms with E-state index in [-0.39, 0.29) is 12.2 Å². The van der Waals surface area contributed by atoms with Gasteiger partial charge in [-0.15, -0.1) is 0 Å². The van der Waals surface area contributed by atoms with Crippen LogP contribution in [0.25, 0.3) is 0 Å². The Morgan fingerprint density at radius 2 is 2.14 bits per heavy atom. The van der Waals surface area contributed by atoms with Gasteiger partial charge in [0.2, 0.25) is 0 Å². The molecule has 1 saturated heterocycles. The molecule has 1 heterocycles. The van der Waals surface area contributed by atoms with Crippen molar-refractivity contribution < 1.29 is 14.2 Å². The number of rotatable bonds is 5. The molecule has 3 unspecified atom stereocenters. The lowest BCUT2D eigenvalue weighted by Gasteiger charge is -2.22. The van der Waals surface area contributed by atoms with E-state index >= 15 is 0 Å². The Kier molecular flexibility index (Phi) is 5.38. The summed E-state index contributed by atoms with van der Waals surface area (Å²) in [7, 11) is 1.73. The molecule has 0 N–H and O–H groups in total. The fraction of sp³-hybridized carbons (Fsp3) is 1.00. The Morgan fingerprint density at radius 1 is 1.43 bits per heavy atom. The summed E-state index contributed by atoms with van der Waals surface area (Å²) in [5.74, 6) is 0.482. The minimum Gasteiger partial charge on any atom is -0.379 e. The highest BCUT2D eigenvalue weighted by molar-refractivity contribution is 9.09. The van der Waals surface area contributed by atoms with Crippen molar-refractivity contribution in [3.05, 3.63) is 0 Å². The normalized spacial score (nSPS) is 29.8. The standard InChI is InChI=1S/C10H19BrO3/c1-7(2)9(12-3)6-14-10-5-13-4-8(10)11/h7-10H,4-6H2,1-3H3. The van der Waals surface area contributed by atoms with Crippen LogP contribution >= 0.6 is 15.9 Å². The van der Waals surface area contributed by atoms with Crippen LogP contribution in [-0.4, -0.2) is 44.0 Å². The summed E-state index contributed by atoms with van der Waals surface area (Å²) in [6, 6.07) is 0. The van der Waals surface area contributed by atoms with E-state index in [1.807, 2.05) is 0 Å². The molecule has 4 heteroatoms. The number of hydrogen-bond acceptors (Lipinski definition) is 3. The molecule has 0 amide bonds. The summed E-state index contributed by atoms with van der Waals surface area (Å²) in [5, 5.41) is 0. The predicted octanol–water partition coefficient (Wildman–Crippen LogP) is 1.84. The van der Waals surface area contributed by atoms with E-state index in [4.69, 9.17) is 14.2 Å². The third kappa shape index (κ3) is 3.50. The molecular weight excluding hydrogens is 248 g/mol. The second kappa shape index (κ2) is 6.05. The highest BCUT2D eigenvalue weighted by Crippen LogP contribution is 2.18. The molecule has 14 heavy (non-hydrogen) atoms. The summed E-state index contributed by atoms with van der Waals surface area (Å²) in [5.41, 5.74) is 0. The Labute approximate surface area is 94.2 Å². The lowest BCUT2D eigenvalue weighted by molar-refractivity contribution is -0.0445. The molecule has 0 aromatic heterocycles. The predicted molar refractivity (Wildman–Crippen MR) is 58.9 cm³/mol. The van der Waals surface area contributed by atoms with Crippen molar-refractivity contribution in [2.75, 3.05) is 26.9 Å². The summed E-state index contributed by atoms with van der Waals surface area (Å²) < 4.78 is 16.3. The van der Waals surface area contributed by atoms with E-state index in [2.05, 4.69) is 29.8 Å². The zero-order valence-electron chi connectivity index (χ0n) is 9.03. The third-order valence-corrected chi connectivity index (χ3v) is 3.34. The van der Waals surface area contributed by atoms with Crippen LogP contribution in [0, 0.1) is 5.92 Å². The van der Waals surface area contributed by atoms with Crippen LogP contribution in [-0.2, 0) is 14.2 Å². The molecule has 0 saturated carbocycles. The van der Waals surface area contributed by atoms with Crippen molar-refractivity contribution >= 4 is 15.9 Å². The van der Waals surface area contributed by atoms with Crippen molar-refractivity contribution in [3.8, 4) is 0 Å². The molecule has 1 aliphatic heterocycles. The molecule has 0 spiro atoms. The van der Waals surface area contributed by atoms with Crippen LogP contribution < -0.4 is 0 Å². The van der Waals surface area contributed by atoms with Gasteiger partial charge in [0.25, 0.3) is 0 Å². The molecule has 1 fully saturated rings. The van der Waals surface area contributed by atoms with Crippen molar-refractivity contribution in [3.63, 3.8) is 0 Å². The monoisotopic (exact) mass is 266 g/mol. The van der Waals surface area contributed by atoms with Crippen LogP contribution in [0.15, 0.2) is 0 Å². The van der Waals surface area contributed by atoms with E-state index in [1.54, 1.807) is 7.11 Å². The van der Waals surface area contributed by atoms with E-state index in [1.165, 1.54) is 0 Å². The molecule has 0 bridgehead atoms. The maximum Gasteiger partial charge on any atom is 0.0956 e. The van der Waals surface area contributed by atoms with Gasteiger partial charge in [-0.2, -0.15) is 0 Å². The van der Waals surface area contributed by atoms with Gasteiger partial charge in [-0.1, -0.05) is 29.8 Å². The van der Waals surface area contributed by atoms with E-state index in [0.717, 1.165) is 6.61 Å². The minimum atomic E-state index is 0.173. The Bertz CT molecular complexity index is 161. The van der Waals surface area contributed by atoms with Crippen LogP contribution in [0.2, 0.25) is 0 Å². The van der Waals surface area contributed by atoms with Gasteiger partial charge in [-0.05, 0) is 5.92 Å². The van der Waals surface area contributed by atoms with Crippen LogP contribution in [0.5, 0.6) is 0 Å². The summed E-state index contributed by atoms with van der Waals surface area (Å²) in [6.07, 6.45) is 0.349. The van der Waals surface area contributed by atoms with Gasteiger partial charge < -0.3 is 14.2 Å². The first-order chi connectivity index (χ1) is 6.65. The molecule has 0 aliphatic carbocycles. The Hall–Kier alpha value is 0.360. The highest BCUT2D eigenvalue weighted by Gasteiger charge is 2.27. The highest BCUT2D eigenvalue weighted by atomic mass is 79.9. The Balaban J connectivity index is 2.24. The van der Waals surface area contributed by atoms with Gasteiger partial charge in [0, 0.05) is 7.11 Å². The van der Waals surface area contributed by atoms with Crippen LogP contribution in [0.1, 0.15) is 13.8 Å². The molecule has 1 aliphatic rings. The topological polar surface area (TPSA) is 27.7 Å². The summed E-state index contributed by atoms with van der Waals surface area (Å²) >= 11 is 3.52. The fourth-order valence-corrected chi connectivity index (χ4v) is 1.90. The average Bonchev–Trinajstić information content (AvgIpc) is 2.52. The first-order valence-electron chi connectivity index (χ1n) is 5.01. The first kappa shape index (κ1) is 12.4. The largest absolute Gasteiger partial charge is 0.379 e. The fourth-order valence-electron chi connectivity index (χ4n) is 1.41. The van der Waals surface area contributed by atoms with E-state index in [0.29, 0.717) is 24.0 Å². The third-order valence-electron chi connectivity index (χ3n) is 2.48. The molecule has 84 valence electrons. The molecule has 3 nitrogen and oxygen atoms in total. The molecular formula is C10H19BrO3. The zero-order chi connectivity index (χ0) is 10.6. The van der Waals surface area contributed by atoms with Gasteiger partial charge >= 0.3 is 0 Å². The quantitative estimate of drug-likeness (QED) is 0.711. The van der Waals surface area contributed by atoms with Gasteiger partial charge in [0.05, 0.1) is 36.9 Å². The number of halogens is 1. The van der Waals surface area contributed by atoms with Crippen molar-refractivity contribution in [2.24, 2.45) is 5.92 Å². The molecule has 1 rings (SSSR count). The molecule has 0 aromatic rings. The zero-order valence-corrected chi connectivity index (χ0v) is 10.6. The van der Waals surface area contributed by atoms with Gasteiger partial charge in [0.1, 0.15) is 0 Å². The van der Waals surface area contributed by atoms with Crippen LogP contribution in [0.3, 0.4) is 0 Å². The lowest BCUT2D eigenvalue weighted by atomic mass is 10.1. The van der Waals surface area contributed by atoms with Crippen molar-refractivity contribution in [1.29, 1.82) is 0 Å². The maximum absolute atomic E-state index is 5.73. The lowest BCUT2D eigenvalue weighted by Crippen LogP contribution is -2.30. The van der Waals surface area contributed by atoms with E-state index in [9.17, 15) is 0 Å². The van der Waals surface area contributed by atoms with Crippen molar-refractivity contribution in [1.82, 2.24) is 0 Å². The average molecular weight is 267 g/mol. The van der Waals surface area contributed by atoms with E-state index < -0.39 is 0 Å². The Morgan fingerprint density at radius 3 is 2.57 bits per heavy atom. The second-order valence-electron chi connectivity index (χ2n) is 3.94. The van der Waals surface area contributed by atoms with Crippen molar-refractivity contribution in [2.45, 2.75) is 30.9 Å². The SMILES string of the molecule is COC(COC1COCC1Br)C(C)C. The number of alkyl halides is 1. The molecule has 0 radical (unpaired) electrons. The second-order valence-corrected chi connectivity index (χ2v) is 5.12. The van der Waals surface area contributed by atoms with Gasteiger partial charge in [0.15, 0.2) is 0 Å². The number of ether oxygens (including phenoxy) is 3. The van der Waals surface area contributed by atoms with Gasteiger partial charge in [-0.25, -0.2) is 0 Å². The molecule has 0 aromatic carbocycles. The smallest absolute Gasteiger partial charge is 0.0956 e. The molecule has 3 atom stereocenters. The summed E-state index contributed by atoms with van der Waals surface area (Å²) in [4.78, 5) is 0.326. The van der Waals surface area contributed by atoms with Gasteiger partial charge in [-0.3, -0.25) is 0 Å². The number of methoxy groups -OCH3 is 1. The number of hydrogen-bond donors (Lipinski definition) is 0. The first-order valence-corrected chi connectivity index (χ1v) is 5.93. The minimum absolute atomic E-state index is 0.173.